The number of aliphatic hydroxyl groups is 1. The van der Waals surface area contributed by atoms with Crippen LogP contribution in [0, 0.1) is 5.92 Å². The first-order valence-electron chi connectivity index (χ1n) is 6.98. The SMILES string of the molecule is CN1CCCC(CNCC(O)c2cccc(Br)c2)C1. The summed E-state index contributed by atoms with van der Waals surface area (Å²) in [5.74, 6) is 0.716. The Morgan fingerprint density at radius 3 is 3.11 bits per heavy atom. The van der Waals surface area contributed by atoms with Crippen LogP contribution in [0.15, 0.2) is 28.7 Å². The van der Waals surface area contributed by atoms with Crippen molar-refractivity contribution in [2.24, 2.45) is 5.92 Å². The van der Waals surface area contributed by atoms with Crippen molar-refractivity contribution in [2.45, 2.75) is 18.9 Å². The molecule has 0 amide bonds. The molecule has 2 rings (SSSR count). The molecule has 0 saturated carbocycles. The molecule has 1 heterocycles. The molecule has 106 valence electrons. The van der Waals surface area contributed by atoms with Crippen molar-refractivity contribution in [3.63, 3.8) is 0 Å². The second-order valence-corrected chi connectivity index (χ2v) is 6.42. The van der Waals surface area contributed by atoms with Crippen LogP contribution in [-0.4, -0.2) is 43.2 Å². The Morgan fingerprint density at radius 1 is 1.53 bits per heavy atom. The predicted molar refractivity (Wildman–Crippen MR) is 82.2 cm³/mol. The van der Waals surface area contributed by atoms with E-state index in [1.165, 1.54) is 25.9 Å². The molecule has 4 heteroatoms. The summed E-state index contributed by atoms with van der Waals surface area (Å²) in [6.07, 6.45) is 2.15. The van der Waals surface area contributed by atoms with E-state index in [0.717, 1.165) is 16.6 Å². The maximum absolute atomic E-state index is 10.1. The smallest absolute Gasteiger partial charge is 0.0914 e. The monoisotopic (exact) mass is 326 g/mol. The third-order valence-electron chi connectivity index (χ3n) is 3.73. The number of hydrogen-bond donors (Lipinski definition) is 2. The van der Waals surface area contributed by atoms with Crippen LogP contribution in [0.5, 0.6) is 0 Å². The Labute approximate surface area is 124 Å². The molecule has 0 spiro atoms. The minimum absolute atomic E-state index is 0.432. The van der Waals surface area contributed by atoms with E-state index in [1.54, 1.807) is 0 Å². The largest absolute Gasteiger partial charge is 0.387 e. The third kappa shape index (κ3) is 4.88. The number of nitrogens with zero attached hydrogens (tertiary/aromatic N) is 1. The van der Waals surface area contributed by atoms with E-state index in [4.69, 9.17) is 0 Å². The molecular formula is C15H23BrN2O. The third-order valence-corrected chi connectivity index (χ3v) is 4.22. The van der Waals surface area contributed by atoms with Gasteiger partial charge in [0.25, 0.3) is 0 Å². The van der Waals surface area contributed by atoms with Crippen LogP contribution in [-0.2, 0) is 0 Å². The van der Waals surface area contributed by atoms with Gasteiger partial charge in [0.1, 0.15) is 0 Å². The van der Waals surface area contributed by atoms with Crippen molar-refractivity contribution >= 4 is 15.9 Å². The van der Waals surface area contributed by atoms with Gasteiger partial charge in [0, 0.05) is 17.6 Å². The van der Waals surface area contributed by atoms with Crippen LogP contribution in [0.3, 0.4) is 0 Å². The summed E-state index contributed by atoms with van der Waals surface area (Å²) in [5.41, 5.74) is 0.961. The topological polar surface area (TPSA) is 35.5 Å². The highest BCUT2D eigenvalue weighted by atomic mass is 79.9. The summed E-state index contributed by atoms with van der Waals surface area (Å²) in [7, 11) is 2.18. The molecule has 1 aliphatic rings. The molecule has 0 radical (unpaired) electrons. The molecule has 1 aliphatic heterocycles. The number of piperidine rings is 1. The van der Waals surface area contributed by atoms with Gasteiger partial charge in [-0.25, -0.2) is 0 Å². The van der Waals surface area contributed by atoms with E-state index in [-0.39, 0.29) is 0 Å². The highest BCUT2D eigenvalue weighted by Crippen LogP contribution is 2.18. The first-order chi connectivity index (χ1) is 9.15. The second-order valence-electron chi connectivity index (χ2n) is 5.50. The summed E-state index contributed by atoms with van der Waals surface area (Å²) in [5, 5.41) is 13.5. The lowest BCUT2D eigenvalue weighted by atomic mass is 9.98. The molecule has 2 atom stereocenters. The first kappa shape index (κ1) is 15.0. The fourth-order valence-corrected chi connectivity index (χ4v) is 3.11. The average molecular weight is 327 g/mol. The lowest BCUT2D eigenvalue weighted by molar-refractivity contribution is 0.163. The summed E-state index contributed by atoms with van der Waals surface area (Å²) in [6.45, 7) is 4.00. The van der Waals surface area contributed by atoms with Crippen LogP contribution in [0.1, 0.15) is 24.5 Å². The van der Waals surface area contributed by atoms with Gasteiger partial charge in [0.15, 0.2) is 0 Å². The van der Waals surface area contributed by atoms with Crippen molar-refractivity contribution < 1.29 is 5.11 Å². The number of benzene rings is 1. The molecule has 2 N–H and O–H groups in total. The van der Waals surface area contributed by atoms with Crippen LogP contribution < -0.4 is 5.32 Å². The Kier molecular flexibility index (Phi) is 5.82. The summed E-state index contributed by atoms with van der Waals surface area (Å²) in [4.78, 5) is 2.39. The Balaban J connectivity index is 1.73. The molecule has 0 bridgehead atoms. The fraction of sp³-hybridized carbons (Fsp3) is 0.600. The number of aliphatic hydroxyl groups excluding tert-OH is 1. The zero-order valence-corrected chi connectivity index (χ0v) is 13.1. The van der Waals surface area contributed by atoms with Crippen LogP contribution >= 0.6 is 15.9 Å². The van der Waals surface area contributed by atoms with E-state index in [2.05, 4.69) is 33.2 Å². The van der Waals surface area contributed by atoms with Gasteiger partial charge in [0.2, 0.25) is 0 Å². The van der Waals surface area contributed by atoms with E-state index >= 15 is 0 Å². The highest BCUT2D eigenvalue weighted by Gasteiger charge is 2.17. The van der Waals surface area contributed by atoms with Crippen LogP contribution in [0.2, 0.25) is 0 Å². The lowest BCUT2D eigenvalue weighted by Crippen LogP contribution is -2.38. The molecule has 3 nitrogen and oxygen atoms in total. The molecule has 2 unspecified atom stereocenters. The van der Waals surface area contributed by atoms with E-state index in [9.17, 15) is 5.11 Å². The number of nitrogens with one attached hydrogen (secondary N) is 1. The fourth-order valence-electron chi connectivity index (χ4n) is 2.70. The van der Waals surface area contributed by atoms with Crippen molar-refractivity contribution in [3.05, 3.63) is 34.3 Å². The standard InChI is InChI=1S/C15H23BrN2O/c1-18-7-3-4-12(11-18)9-17-10-15(19)13-5-2-6-14(16)8-13/h2,5-6,8,12,15,17,19H,3-4,7,9-11H2,1H3. The number of halogens is 1. The van der Waals surface area contributed by atoms with E-state index in [0.29, 0.717) is 12.5 Å². The molecule has 1 fully saturated rings. The molecule has 0 aromatic heterocycles. The van der Waals surface area contributed by atoms with Gasteiger partial charge in [-0.3, -0.25) is 0 Å². The predicted octanol–water partition coefficient (Wildman–Crippen LogP) is 2.41. The molecule has 1 aromatic carbocycles. The van der Waals surface area contributed by atoms with E-state index < -0.39 is 6.10 Å². The molecule has 1 saturated heterocycles. The molecule has 19 heavy (non-hydrogen) atoms. The van der Waals surface area contributed by atoms with Gasteiger partial charge in [-0.05, 0) is 56.6 Å². The quantitative estimate of drug-likeness (QED) is 0.872. The van der Waals surface area contributed by atoms with Gasteiger partial charge < -0.3 is 15.3 Å². The summed E-state index contributed by atoms with van der Waals surface area (Å²) >= 11 is 3.43. The van der Waals surface area contributed by atoms with Crippen molar-refractivity contribution in [3.8, 4) is 0 Å². The van der Waals surface area contributed by atoms with Crippen LogP contribution in [0.4, 0.5) is 0 Å². The van der Waals surface area contributed by atoms with Gasteiger partial charge in [-0.2, -0.15) is 0 Å². The minimum atomic E-state index is -0.432. The Bertz CT molecular complexity index is 399. The first-order valence-corrected chi connectivity index (χ1v) is 7.77. The number of hydrogen-bond acceptors (Lipinski definition) is 3. The zero-order chi connectivity index (χ0) is 13.7. The lowest BCUT2D eigenvalue weighted by Gasteiger charge is -2.30. The number of rotatable bonds is 5. The van der Waals surface area contributed by atoms with E-state index in [1.807, 2.05) is 24.3 Å². The Morgan fingerprint density at radius 2 is 2.37 bits per heavy atom. The normalized spacial score (nSPS) is 22.4. The summed E-state index contributed by atoms with van der Waals surface area (Å²) < 4.78 is 1.01. The van der Waals surface area contributed by atoms with Gasteiger partial charge in [-0.1, -0.05) is 28.1 Å². The maximum atomic E-state index is 10.1. The Hall–Kier alpha value is -0.420. The molecule has 1 aromatic rings. The van der Waals surface area contributed by atoms with Crippen molar-refractivity contribution in [1.82, 2.24) is 10.2 Å². The van der Waals surface area contributed by atoms with Crippen molar-refractivity contribution in [2.75, 3.05) is 33.2 Å². The maximum Gasteiger partial charge on any atom is 0.0914 e. The number of likely N-dealkylation sites (tertiary alicyclic amines) is 1. The average Bonchev–Trinajstić information content (AvgIpc) is 2.38. The van der Waals surface area contributed by atoms with Gasteiger partial charge in [-0.15, -0.1) is 0 Å². The highest BCUT2D eigenvalue weighted by molar-refractivity contribution is 9.10. The van der Waals surface area contributed by atoms with Crippen molar-refractivity contribution in [1.29, 1.82) is 0 Å². The molecular weight excluding hydrogens is 304 g/mol. The van der Waals surface area contributed by atoms with Gasteiger partial charge >= 0.3 is 0 Å². The molecule has 0 aliphatic carbocycles. The minimum Gasteiger partial charge on any atom is -0.387 e. The second kappa shape index (κ2) is 7.39. The van der Waals surface area contributed by atoms with Crippen LogP contribution in [0.25, 0.3) is 0 Å². The zero-order valence-electron chi connectivity index (χ0n) is 11.5. The van der Waals surface area contributed by atoms with Gasteiger partial charge in [0.05, 0.1) is 6.10 Å². The summed E-state index contributed by atoms with van der Waals surface area (Å²) in [6, 6.07) is 7.87.